The molecule has 0 aliphatic heterocycles. The van der Waals surface area contributed by atoms with Gasteiger partial charge in [0.15, 0.2) is 0 Å². The summed E-state index contributed by atoms with van der Waals surface area (Å²) in [5.41, 5.74) is 1.84. The van der Waals surface area contributed by atoms with Crippen LogP contribution in [0.5, 0.6) is 0 Å². The molecule has 5 heteroatoms. The third-order valence-corrected chi connectivity index (χ3v) is 2.71. The third kappa shape index (κ3) is 1.17. The van der Waals surface area contributed by atoms with Crippen LogP contribution in [0.2, 0.25) is 5.02 Å². The van der Waals surface area contributed by atoms with Gasteiger partial charge in [0.05, 0.1) is 22.4 Å². The molecule has 0 aliphatic carbocycles. The van der Waals surface area contributed by atoms with Crippen molar-refractivity contribution < 1.29 is 0 Å². The number of aromatic amines is 1. The van der Waals surface area contributed by atoms with Gasteiger partial charge in [-0.3, -0.25) is 0 Å². The molecule has 0 aliphatic rings. The Hall–Kier alpha value is -1.18. The number of aromatic nitrogens is 2. The Balaban J connectivity index is 2.94. The van der Waals surface area contributed by atoms with Crippen molar-refractivity contribution in [2.24, 2.45) is 0 Å². The van der Waals surface area contributed by atoms with E-state index in [0.717, 1.165) is 5.52 Å². The fourth-order valence-electron chi connectivity index (χ4n) is 1.12. The topological polar surface area (TPSA) is 52.5 Å². The second kappa shape index (κ2) is 2.95. The van der Waals surface area contributed by atoms with E-state index in [2.05, 4.69) is 22.6 Å². The number of halogens is 1. The first-order valence-electron chi connectivity index (χ1n) is 3.48. The lowest BCUT2D eigenvalue weighted by atomic mass is 10.2. The van der Waals surface area contributed by atoms with E-state index in [4.69, 9.17) is 16.9 Å². The van der Waals surface area contributed by atoms with Crippen LogP contribution in [0.4, 0.5) is 0 Å². The van der Waals surface area contributed by atoms with Crippen LogP contribution in [0.15, 0.2) is 17.3 Å². The number of H-pyrrole nitrogens is 1. The Bertz CT molecular complexity index is 512. The maximum absolute atomic E-state index is 8.75. The van der Waals surface area contributed by atoms with Crippen molar-refractivity contribution >= 4 is 35.3 Å². The molecular formula is C8H4ClN3S. The standard InChI is InChI=1S/C8H4ClN3S/c9-6-7-5(11-3-12-7)1-4(2-10)8(6)13/h1,3,13H,(H,11,12). The summed E-state index contributed by atoms with van der Waals surface area (Å²) in [5, 5.41) is 9.16. The highest BCUT2D eigenvalue weighted by Crippen LogP contribution is 2.30. The quantitative estimate of drug-likeness (QED) is 0.655. The van der Waals surface area contributed by atoms with Gasteiger partial charge in [0.25, 0.3) is 0 Å². The van der Waals surface area contributed by atoms with Crippen LogP contribution in [0.3, 0.4) is 0 Å². The number of nitrogens with one attached hydrogen (secondary N) is 1. The lowest BCUT2D eigenvalue weighted by Gasteiger charge is -1.99. The fourth-order valence-corrected chi connectivity index (χ4v) is 1.59. The number of fused-ring (bicyclic) bond motifs is 1. The summed E-state index contributed by atoms with van der Waals surface area (Å²) < 4.78 is 0. The molecule has 0 saturated carbocycles. The molecular weight excluding hydrogens is 206 g/mol. The molecule has 0 radical (unpaired) electrons. The van der Waals surface area contributed by atoms with Crippen molar-refractivity contribution in [3.63, 3.8) is 0 Å². The summed E-state index contributed by atoms with van der Waals surface area (Å²) in [5.74, 6) is 0. The van der Waals surface area contributed by atoms with E-state index < -0.39 is 0 Å². The maximum atomic E-state index is 8.75. The van der Waals surface area contributed by atoms with Gasteiger partial charge >= 0.3 is 0 Å². The highest BCUT2D eigenvalue weighted by Gasteiger charge is 2.10. The van der Waals surface area contributed by atoms with Crippen LogP contribution in [-0.2, 0) is 0 Å². The normalized spacial score (nSPS) is 10.2. The van der Waals surface area contributed by atoms with Gasteiger partial charge in [-0.2, -0.15) is 5.26 Å². The Labute approximate surface area is 84.8 Å². The van der Waals surface area contributed by atoms with Gasteiger partial charge in [-0.15, -0.1) is 12.6 Å². The zero-order valence-electron chi connectivity index (χ0n) is 6.37. The average Bonchev–Trinajstić information content (AvgIpc) is 2.59. The van der Waals surface area contributed by atoms with E-state index >= 15 is 0 Å². The Morgan fingerprint density at radius 1 is 1.62 bits per heavy atom. The molecule has 3 nitrogen and oxygen atoms in total. The molecule has 1 N–H and O–H groups in total. The minimum atomic E-state index is 0.415. The molecule has 13 heavy (non-hydrogen) atoms. The summed E-state index contributed by atoms with van der Waals surface area (Å²) >= 11 is 10.1. The summed E-state index contributed by atoms with van der Waals surface area (Å²) in [6, 6.07) is 3.69. The lowest BCUT2D eigenvalue weighted by Crippen LogP contribution is -1.82. The highest BCUT2D eigenvalue weighted by molar-refractivity contribution is 7.80. The van der Waals surface area contributed by atoms with Crippen molar-refractivity contribution in [1.29, 1.82) is 5.26 Å². The molecule has 1 heterocycles. The number of nitriles is 1. The molecule has 0 atom stereocenters. The molecule has 0 unspecified atom stereocenters. The van der Waals surface area contributed by atoms with Crippen molar-refractivity contribution in [1.82, 2.24) is 9.97 Å². The predicted molar refractivity (Wildman–Crippen MR) is 53.1 cm³/mol. The first-order chi connectivity index (χ1) is 6.24. The van der Waals surface area contributed by atoms with Crippen LogP contribution in [0.1, 0.15) is 5.56 Å². The number of hydrogen-bond donors (Lipinski definition) is 2. The van der Waals surface area contributed by atoms with E-state index in [-0.39, 0.29) is 0 Å². The second-order valence-corrected chi connectivity index (χ2v) is 3.32. The number of rotatable bonds is 0. The number of thiol groups is 1. The number of imidazole rings is 1. The van der Waals surface area contributed by atoms with Crippen molar-refractivity contribution in [2.75, 3.05) is 0 Å². The van der Waals surface area contributed by atoms with Gasteiger partial charge in [0, 0.05) is 4.90 Å². The molecule has 0 bridgehead atoms. The van der Waals surface area contributed by atoms with Crippen LogP contribution >= 0.6 is 24.2 Å². The lowest BCUT2D eigenvalue weighted by molar-refractivity contribution is 1.34. The van der Waals surface area contributed by atoms with E-state index in [1.165, 1.54) is 6.33 Å². The van der Waals surface area contributed by atoms with Crippen molar-refractivity contribution in [3.05, 3.63) is 23.0 Å². The zero-order valence-corrected chi connectivity index (χ0v) is 8.02. The van der Waals surface area contributed by atoms with Gasteiger partial charge < -0.3 is 4.98 Å². The minimum Gasteiger partial charge on any atom is -0.345 e. The fraction of sp³-hybridized carbons (Fsp3) is 0. The van der Waals surface area contributed by atoms with E-state index in [9.17, 15) is 0 Å². The highest BCUT2D eigenvalue weighted by atomic mass is 35.5. The molecule has 64 valence electrons. The van der Waals surface area contributed by atoms with Gasteiger partial charge in [0.1, 0.15) is 11.6 Å². The second-order valence-electron chi connectivity index (χ2n) is 2.50. The van der Waals surface area contributed by atoms with Crippen LogP contribution in [0, 0.1) is 11.3 Å². The Kier molecular flexibility index (Phi) is 1.91. The van der Waals surface area contributed by atoms with Crippen molar-refractivity contribution in [3.8, 4) is 6.07 Å². The monoisotopic (exact) mass is 209 g/mol. The van der Waals surface area contributed by atoms with E-state index in [0.29, 0.717) is 21.0 Å². The Morgan fingerprint density at radius 3 is 3.08 bits per heavy atom. The zero-order chi connectivity index (χ0) is 9.42. The number of benzene rings is 1. The largest absolute Gasteiger partial charge is 0.345 e. The van der Waals surface area contributed by atoms with E-state index in [1.54, 1.807) is 6.07 Å². The van der Waals surface area contributed by atoms with Crippen LogP contribution in [-0.4, -0.2) is 9.97 Å². The summed E-state index contributed by atoms with van der Waals surface area (Å²) in [6.07, 6.45) is 1.53. The SMILES string of the molecule is N#Cc1cc2[nH]cnc2c(Cl)c1S. The molecule has 0 fully saturated rings. The number of hydrogen-bond acceptors (Lipinski definition) is 3. The molecule has 2 aromatic rings. The van der Waals surface area contributed by atoms with Crippen molar-refractivity contribution in [2.45, 2.75) is 4.90 Å². The first-order valence-corrected chi connectivity index (χ1v) is 4.31. The maximum Gasteiger partial charge on any atom is 0.108 e. The minimum absolute atomic E-state index is 0.415. The van der Waals surface area contributed by atoms with E-state index in [1.807, 2.05) is 6.07 Å². The van der Waals surface area contributed by atoms with Crippen LogP contribution < -0.4 is 0 Å². The van der Waals surface area contributed by atoms with Gasteiger partial charge in [-0.05, 0) is 6.07 Å². The van der Waals surface area contributed by atoms with Crippen LogP contribution in [0.25, 0.3) is 11.0 Å². The average molecular weight is 210 g/mol. The summed E-state index contributed by atoms with van der Waals surface area (Å²) in [6.45, 7) is 0. The molecule has 1 aromatic carbocycles. The molecule has 0 saturated heterocycles. The van der Waals surface area contributed by atoms with Gasteiger partial charge in [-0.25, -0.2) is 4.98 Å². The predicted octanol–water partition coefficient (Wildman–Crippen LogP) is 2.38. The smallest absolute Gasteiger partial charge is 0.108 e. The van der Waals surface area contributed by atoms with Gasteiger partial charge in [0.2, 0.25) is 0 Å². The summed E-state index contributed by atoms with van der Waals surface area (Å²) in [4.78, 5) is 7.37. The summed E-state index contributed by atoms with van der Waals surface area (Å²) in [7, 11) is 0. The molecule has 1 aromatic heterocycles. The molecule has 0 spiro atoms. The number of nitrogens with zero attached hydrogens (tertiary/aromatic N) is 2. The molecule has 2 rings (SSSR count). The van der Waals surface area contributed by atoms with Gasteiger partial charge in [-0.1, -0.05) is 11.6 Å². The third-order valence-electron chi connectivity index (χ3n) is 1.75. The molecule has 0 amide bonds. The Morgan fingerprint density at radius 2 is 2.38 bits per heavy atom. The first kappa shape index (κ1) is 8.42.